The molecule has 156 valence electrons. The van der Waals surface area contributed by atoms with Crippen LogP contribution in [0.25, 0.3) is 0 Å². The maximum Gasteiger partial charge on any atom is 0.418 e. The van der Waals surface area contributed by atoms with Crippen LogP contribution in [-0.2, 0) is 35.1 Å². The minimum Gasteiger partial charge on any atom is -0.462 e. The lowest BCUT2D eigenvalue weighted by atomic mass is 9.90. The SMILES string of the molecule is CCOC(=O)c1sc2c(c1C(F)(F)F)CC(NC(=O)OCc1ccccc1)CC2. The molecule has 1 heterocycles. The minimum atomic E-state index is -4.68. The molecule has 1 amide bonds. The Bertz CT molecular complexity index is 880. The first-order valence-electron chi connectivity index (χ1n) is 9.15. The normalized spacial score (nSPS) is 16.1. The predicted molar refractivity (Wildman–Crippen MR) is 101 cm³/mol. The molecule has 0 bridgehead atoms. The predicted octanol–water partition coefficient (Wildman–Crippen LogP) is 4.73. The first kappa shape index (κ1) is 21.2. The molecule has 2 aromatic rings. The lowest BCUT2D eigenvalue weighted by molar-refractivity contribution is -0.138. The fraction of sp³-hybridized carbons (Fsp3) is 0.400. The van der Waals surface area contributed by atoms with Crippen molar-refractivity contribution in [2.45, 2.75) is 45.0 Å². The maximum absolute atomic E-state index is 13.7. The molecular formula is C20H20F3NO4S. The molecule has 5 nitrogen and oxygen atoms in total. The highest BCUT2D eigenvalue weighted by molar-refractivity contribution is 7.14. The van der Waals surface area contributed by atoms with E-state index in [0.29, 0.717) is 17.7 Å². The molecule has 0 aliphatic heterocycles. The van der Waals surface area contributed by atoms with Gasteiger partial charge in [0.1, 0.15) is 11.5 Å². The van der Waals surface area contributed by atoms with E-state index in [4.69, 9.17) is 9.47 Å². The van der Waals surface area contributed by atoms with E-state index in [-0.39, 0.29) is 25.2 Å². The van der Waals surface area contributed by atoms with Crippen molar-refractivity contribution in [2.75, 3.05) is 6.61 Å². The van der Waals surface area contributed by atoms with Gasteiger partial charge in [0.2, 0.25) is 0 Å². The van der Waals surface area contributed by atoms with Crippen LogP contribution in [0.5, 0.6) is 0 Å². The van der Waals surface area contributed by atoms with Crippen molar-refractivity contribution in [3.63, 3.8) is 0 Å². The number of aryl methyl sites for hydroxylation is 1. The minimum absolute atomic E-state index is 0.00384. The summed E-state index contributed by atoms with van der Waals surface area (Å²) in [7, 11) is 0. The summed E-state index contributed by atoms with van der Waals surface area (Å²) in [6.07, 6.45) is -4.57. The quantitative estimate of drug-likeness (QED) is 0.701. The Kier molecular flexibility index (Phi) is 6.46. The van der Waals surface area contributed by atoms with Crippen molar-refractivity contribution < 1.29 is 32.2 Å². The topological polar surface area (TPSA) is 64.6 Å². The standard InChI is InChI=1S/C20H20F3NO4S/c1-2-27-18(25)17-16(20(21,22)23)14-10-13(8-9-15(14)29-17)24-19(26)28-11-12-6-4-3-5-7-12/h3-7,13H,2,8-11H2,1H3,(H,24,26). The van der Waals surface area contributed by atoms with Crippen LogP contribution < -0.4 is 5.32 Å². The monoisotopic (exact) mass is 427 g/mol. The molecule has 0 spiro atoms. The van der Waals surface area contributed by atoms with Gasteiger partial charge in [0.05, 0.1) is 12.2 Å². The van der Waals surface area contributed by atoms with E-state index in [1.165, 1.54) is 0 Å². The Labute approximate surface area is 169 Å². The van der Waals surface area contributed by atoms with Crippen LogP contribution in [0.3, 0.4) is 0 Å². The number of thiophene rings is 1. The van der Waals surface area contributed by atoms with E-state index in [1.807, 2.05) is 18.2 Å². The van der Waals surface area contributed by atoms with Gasteiger partial charge in [-0.15, -0.1) is 11.3 Å². The summed E-state index contributed by atoms with van der Waals surface area (Å²) in [6.45, 7) is 1.61. The highest BCUT2D eigenvalue weighted by atomic mass is 32.1. The zero-order chi connectivity index (χ0) is 21.0. The summed E-state index contributed by atoms with van der Waals surface area (Å²) in [4.78, 5) is 24.1. The van der Waals surface area contributed by atoms with Crippen LogP contribution in [0.15, 0.2) is 30.3 Å². The Balaban J connectivity index is 1.71. The number of fused-ring (bicyclic) bond motifs is 1. The van der Waals surface area contributed by atoms with Gasteiger partial charge in [-0.25, -0.2) is 9.59 Å². The second-order valence-electron chi connectivity index (χ2n) is 6.57. The summed E-state index contributed by atoms with van der Waals surface area (Å²) >= 11 is 0.827. The van der Waals surface area contributed by atoms with Crippen molar-refractivity contribution in [2.24, 2.45) is 0 Å². The number of nitrogens with one attached hydrogen (secondary N) is 1. The molecule has 0 saturated heterocycles. The van der Waals surface area contributed by atoms with Gasteiger partial charge in [-0.1, -0.05) is 30.3 Å². The van der Waals surface area contributed by atoms with Gasteiger partial charge in [0.25, 0.3) is 0 Å². The zero-order valence-corrected chi connectivity index (χ0v) is 16.5. The number of halogens is 3. The third-order valence-electron chi connectivity index (χ3n) is 4.54. The van der Waals surface area contributed by atoms with E-state index < -0.39 is 34.7 Å². The number of carbonyl (C=O) groups is 2. The average molecular weight is 427 g/mol. The second kappa shape index (κ2) is 8.86. The number of carbonyl (C=O) groups excluding carboxylic acids is 2. The van der Waals surface area contributed by atoms with E-state index in [1.54, 1.807) is 19.1 Å². The van der Waals surface area contributed by atoms with Gasteiger partial charge in [-0.2, -0.15) is 13.2 Å². The van der Waals surface area contributed by atoms with Crippen molar-refractivity contribution >= 4 is 23.4 Å². The summed E-state index contributed by atoms with van der Waals surface area (Å²) < 4.78 is 50.9. The van der Waals surface area contributed by atoms with Crippen LogP contribution in [0.2, 0.25) is 0 Å². The largest absolute Gasteiger partial charge is 0.462 e. The van der Waals surface area contributed by atoms with E-state index in [2.05, 4.69) is 5.32 Å². The number of esters is 1. The number of ether oxygens (including phenoxy) is 2. The Morgan fingerprint density at radius 2 is 1.93 bits per heavy atom. The van der Waals surface area contributed by atoms with Crippen molar-refractivity contribution in [1.82, 2.24) is 5.32 Å². The molecule has 1 unspecified atom stereocenters. The lowest BCUT2D eigenvalue weighted by Crippen LogP contribution is -2.39. The van der Waals surface area contributed by atoms with Gasteiger partial charge >= 0.3 is 18.2 Å². The molecule has 29 heavy (non-hydrogen) atoms. The molecule has 0 fully saturated rings. The Morgan fingerprint density at radius 3 is 2.59 bits per heavy atom. The van der Waals surface area contributed by atoms with Crippen LogP contribution in [0, 0.1) is 0 Å². The summed E-state index contributed by atoms with van der Waals surface area (Å²) in [5.74, 6) is -0.967. The molecule has 0 radical (unpaired) electrons. The number of alkyl halides is 3. The molecule has 1 N–H and O–H groups in total. The Hall–Kier alpha value is -2.55. The molecule has 1 atom stereocenters. The molecule has 1 aromatic heterocycles. The Morgan fingerprint density at radius 1 is 1.21 bits per heavy atom. The number of hydrogen-bond donors (Lipinski definition) is 1. The van der Waals surface area contributed by atoms with E-state index in [9.17, 15) is 22.8 Å². The van der Waals surface area contributed by atoms with Gasteiger partial charge in [-0.3, -0.25) is 0 Å². The number of benzene rings is 1. The van der Waals surface area contributed by atoms with Crippen molar-refractivity contribution in [1.29, 1.82) is 0 Å². The van der Waals surface area contributed by atoms with Crippen LogP contribution in [0.1, 0.15) is 44.6 Å². The molecule has 9 heteroatoms. The number of amides is 1. The molecule has 0 saturated carbocycles. The summed E-state index contributed by atoms with van der Waals surface area (Å²) in [5.41, 5.74) is -0.0740. The summed E-state index contributed by atoms with van der Waals surface area (Å²) in [5, 5.41) is 2.63. The van der Waals surface area contributed by atoms with E-state index in [0.717, 1.165) is 16.9 Å². The zero-order valence-electron chi connectivity index (χ0n) is 15.7. The highest BCUT2D eigenvalue weighted by Crippen LogP contribution is 2.43. The fourth-order valence-electron chi connectivity index (χ4n) is 3.28. The maximum atomic E-state index is 13.7. The third-order valence-corrected chi connectivity index (χ3v) is 5.81. The highest BCUT2D eigenvalue weighted by Gasteiger charge is 2.43. The molecular weight excluding hydrogens is 407 g/mol. The van der Waals surface area contributed by atoms with Gasteiger partial charge in [0, 0.05) is 10.9 Å². The van der Waals surface area contributed by atoms with Gasteiger partial charge in [-0.05, 0) is 37.3 Å². The molecule has 1 aliphatic carbocycles. The smallest absolute Gasteiger partial charge is 0.418 e. The van der Waals surface area contributed by atoms with Gasteiger partial charge in [0.15, 0.2) is 0 Å². The third kappa shape index (κ3) is 5.09. The van der Waals surface area contributed by atoms with Gasteiger partial charge < -0.3 is 14.8 Å². The van der Waals surface area contributed by atoms with Crippen LogP contribution in [0.4, 0.5) is 18.0 Å². The molecule has 1 aromatic carbocycles. The van der Waals surface area contributed by atoms with Crippen LogP contribution >= 0.6 is 11.3 Å². The fourth-order valence-corrected chi connectivity index (χ4v) is 4.54. The first-order chi connectivity index (χ1) is 13.8. The van der Waals surface area contributed by atoms with Crippen molar-refractivity contribution in [3.8, 4) is 0 Å². The molecule has 1 aliphatic rings. The molecule has 3 rings (SSSR count). The lowest BCUT2D eigenvalue weighted by Gasteiger charge is -2.24. The number of hydrogen-bond acceptors (Lipinski definition) is 5. The summed E-state index contributed by atoms with van der Waals surface area (Å²) in [6, 6.07) is 8.57. The van der Waals surface area contributed by atoms with Crippen LogP contribution in [-0.4, -0.2) is 24.7 Å². The van der Waals surface area contributed by atoms with E-state index >= 15 is 0 Å². The van der Waals surface area contributed by atoms with Crippen molar-refractivity contribution in [3.05, 3.63) is 56.8 Å². The number of alkyl carbamates (subject to hydrolysis) is 1. The second-order valence-corrected chi connectivity index (χ2v) is 7.68. The first-order valence-corrected chi connectivity index (χ1v) is 9.97. The number of rotatable bonds is 5. The average Bonchev–Trinajstić information content (AvgIpc) is 3.07.